The van der Waals surface area contributed by atoms with Gasteiger partial charge in [-0.2, -0.15) is 0 Å². The lowest BCUT2D eigenvalue weighted by atomic mass is 9.97. The maximum Gasteiger partial charge on any atom is 0.194 e. The van der Waals surface area contributed by atoms with Gasteiger partial charge in [0.15, 0.2) is 17.5 Å². The van der Waals surface area contributed by atoms with E-state index in [4.69, 9.17) is 16.3 Å². The van der Waals surface area contributed by atoms with Gasteiger partial charge in [0.1, 0.15) is 41.3 Å². The number of ether oxygens (including phenoxy) is 1. The molecule has 176 valence electrons. The quantitative estimate of drug-likeness (QED) is 0.362. The van der Waals surface area contributed by atoms with Crippen molar-refractivity contribution in [2.75, 3.05) is 6.61 Å². The van der Waals surface area contributed by atoms with E-state index in [2.05, 4.69) is 10.3 Å². The van der Waals surface area contributed by atoms with Crippen LogP contribution in [-0.2, 0) is 4.74 Å². The van der Waals surface area contributed by atoms with Gasteiger partial charge in [0.2, 0.25) is 0 Å². The fraction of sp³-hybridized carbons (Fsp3) is 0.300. The van der Waals surface area contributed by atoms with Crippen LogP contribution >= 0.6 is 23.4 Å². The number of rotatable bonds is 5. The molecule has 0 spiro atoms. The Morgan fingerprint density at radius 3 is 2.39 bits per heavy atom. The molecule has 3 unspecified atom stereocenters. The second-order valence-corrected chi connectivity index (χ2v) is 8.80. The van der Waals surface area contributed by atoms with Crippen LogP contribution < -0.4 is 0 Å². The summed E-state index contributed by atoms with van der Waals surface area (Å²) in [5.74, 6) is -5.11. The van der Waals surface area contributed by atoms with E-state index in [9.17, 15) is 32.9 Å². The van der Waals surface area contributed by atoms with Gasteiger partial charge in [-0.15, -0.1) is 5.10 Å². The molecule has 1 saturated heterocycles. The molecule has 1 aliphatic heterocycles. The second-order valence-electron chi connectivity index (χ2n) is 7.23. The summed E-state index contributed by atoms with van der Waals surface area (Å²) in [5.41, 5.74) is -1.35. The monoisotopic (exact) mass is 505 g/mol. The zero-order valence-corrected chi connectivity index (χ0v) is 18.0. The minimum Gasteiger partial charge on any atom is -0.394 e. The van der Waals surface area contributed by atoms with E-state index in [0.29, 0.717) is 0 Å². The van der Waals surface area contributed by atoms with Crippen LogP contribution in [0.4, 0.5) is 17.6 Å². The predicted octanol–water partition coefficient (Wildman–Crippen LogP) is 2.93. The van der Waals surface area contributed by atoms with Crippen LogP contribution in [0.15, 0.2) is 41.4 Å². The predicted molar refractivity (Wildman–Crippen MR) is 109 cm³/mol. The normalized spacial score (nSPS) is 25.4. The Kier molecular flexibility index (Phi) is 6.93. The molecule has 4 rings (SSSR count). The number of thioether (sulfide) groups is 1. The Morgan fingerprint density at radius 1 is 1.03 bits per heavy atom. The largest absolute Gasteiger partial charge is 0.394 e. The lowest BCUT2D eigenvalue weighted by molar-refractivity contribution is -0.178. The van der Waals surface area contributed by atoms with Gasteiger partial charge in [0.25, 0.3) is 0 Å². The summed E-state index contributed by atoms with van der Waals surface area (Å²) in [6.45, 7) is -0.630. The number of aliphatic hydroxyl groups excluding tert-OH is 3. The number of aliphatic hydroxyl groups is 3. The topological polar surface area (TPSA) is 101 Å². The summed E-state index contributed by atoms with van der Waals surface area (Å²) in [4.78, 5) is 0.0647. The van der Waals surface area contributed by atoms with Gasteiger partial charge in [-0.25, -0.2) is 22.2 Å². The zero-order valence-electron chi connectivity index (χ0n) is 16.4. The van der Waals surface area contributed by atoms with Gasteiger partial charge in [0, 0.05) is 15.5 Å². The van der Waals surface area contributed by atoms with Crippen molar-refractivity contribution in [2.24, 2.45) is 0 Å². The number of aromatic nitrogens is 3. The van der Waals surface area contributed by atoms with Crippen molar-refractivity contribution < 1.29 is 37.6 Å². The van der Waals surface area contributed by atoms with Crippen LogP contribution in [0.2, 0.25) is 5.02 Å². The highest BCUT2D eigenvalue weighted by Crippen LogP contribution is 2.39. The lowest BCUT2D eigenvalue weighted by Gasteiger charge is -2.41. The highest BCUT2D eigenvalue weighted by atomic mass is 35.5. The van der Waals surface area contributed by atoms with E-state index in [0.717, 1.165) is 34.6 Å². The first kappa shape index (κ1) is 23.9. The Labute approximate surface area is 193 Å². The van der Waals surface area contributed by atoms with Crippen LogP contribution in [0.3, 0.4) is 0 Å². The Morgan fingerprint density at radius 2 is 1.73 bits per heavy atom. The first-order chi connectivity index (χ1) is 15.7. The molecule has 0 bridgehead atoms. The van der Waals surface area contributed by atoms with Gasteiger partial charge in [-0.1, -0.05) is 28.6 Å². The lowest BCUT2D eigenvalue weighted by Crippen LogP contribution is -2.55. The first-order valence-electron chi connectivity index (χ1n) is 9.50. The molecule has 7 nitrogen and oxygen atoms in total. The molecule has 0 amide bonds. The van der Waals surface area contributed by atoms with Crippen LogP contribution in [0.25, 0.3) is 11.3 Å². The molecule has 0 saturated carbocycles. The molecule has 1 aliphatic rings. The molecule has 13 heteroatoms. The third-order valence-corrected chi connectivity index (χ3v) is 6.50. The summed E-state index contributed by atoms with van der Waals surface area (Å²) in [6.07, 6.45) is -2.94. The van der Waals surface area contributed by atoms with Crippen molar-refractivity contribution in [3.8, 4) is 11.3 Å². The van der Waals surface area contributed by atoms with E-state index in [1.807, 2.05) is 0 Å². The minimum absolute atomic E-state index is 0.0647. The maximum atomic E-state index is 14.2. The van der Waals surface area contributed by atoms with Crippen molar-refractivity contribution in [3.05, 3.63) is 64.8 Å². The first-order valence-corrected chi connectivity index (χ1v) is 10.8. The molecular weight excluding hydrogens is 490 g/mol. The SMILES string of the molecule is OCC1O[C@H](Sc2cc(Cl)ccc2F)C(O)C(n2cc(-c3cc(F)c(F)c(F)c3)nn2)[C@H]1O. The number of hydrogen-bond donors (Lipinski definition) is 3. The van der Waals surface area contributed by atoms with Gasteiger partial charge < -0.3 is 20.1 Å². The second kappa shape index (κ2) is 9.57. The van der Waals surface area contributed by atoms with Crippen molar-refractivity contribution in [1.82, 2.24) is 15.0 Å². The third-order valence-electron chi connectivity index (χ3n) is 5.08. The molecule has 1 fully saturated rings. The molecule has 0 aliphatic carbocycles. The standard InChI is InChI=1S/C20H16ClF4N3O4S/c21-9-1-2-10(22)15(5-9)33-20-19(31)17(18(30)14(7-29)32-20)28-6-13(26-27-28)8-3-11(23)16(25)12(24)4-8/h1-6,14,17-20,29-31H,7H2/t14?,17?,18-,19?,20+/m0/s1. The average molecular weight is 506 g/mol. The molecular formula is C20H16ClF4N3O4S. The minimum atomic E-state index is -1.64. The molecule has 0 radical (unpaired) electrons. The summed E-state index contributed by atoms with van der Waals surface area (Å²) in [5, 5.41) is 39.0. The molecule has 2 heterocycles. The van der Waals surface area contributed by atoms with Gasteiger partial charge >= 0.3 is 0 Å². The van der Waals surface area contributed by atoms with E-state index < -0.39 is 59.7 Å². The summed E-state index contributed by atoms with van der Waals surface area (Å²) < 4.78 is 61.2. The summed E-state index contributed by atoms with van der Waals surface area (Å²) in [7, 11) is 0. The fourth-order valence-electron chi connectivity index (χ4n) is 3.43. The number of halogens is 5. The van der Waals surface area contributed by atoms with E-state index in [1.165, 1.54) is 18.3 Å². The van der Waals surface area contributed by atoms with E-state index in [-0.39, 0.29) is 21.2 Å². The van der Waals surface area contributed by atoms with Crippen LogP contribution in [-0.4, -0.2) is 60.7 Å². The van der Waals surface area contributed by atoms with Crippen LogP contribution in [0, 0.1) is 23.3 Å². The van der Waals surface area contributed by atoms with Gasteiger partial charge in [-0.3, -0.25) is 0 Å². The number of hydrogen-bond acceptors (Lipinski definition) is 7. The Balaban J connectivity index is 1.65. The van der Waals surface area contributed by atoms with Crippen molar-refractivity contribution in [2.45, 2.75) is 34.7 Å². The maximum absolute atomic E-state index is 14.2. The highest BCUT2D eigenvalue weighted by Gasteiger charge is 2.46. The van der Waals surface area contributed by atoms with Crippen LogP contribution in [0.1, 0.15) is 6.04 Å². The smallest absolute Gasteiger partial charge is 0.194 e. The van der Waals surface area contributed by atoms with E-state index >= 15 is 0 Å². The third kappa shape index (κ3) is 4.72. The average Bonchev–Trinajstić information content (AvgIpc) is 3.26. The van der Waals surface area contributed by atoms with Gasteiger partial charge in [-0.05, 0) is 30.3 Å². The molecule has 3 N–H and O–H groups in total. The molecule has 33 heavy (non-hydrogen) atoms. The zero-order chi connectivity index (χ0) is 23.9. The molecule has 3 aromatic rings. The van der Waals surface area contributed by atoms with Crippen molar-refractivity contribution >= 4 is 23.4 Å². The molecule has 1 aromatic heterocycles. The summed E-state index contributed by atoms with van der Waals surface area (Å²) in [6, 6.07) is 4.03. The molecule has 5 atom stereocenters. The Bertz CT molecular complexity index is 1150. The Hall–Kier alpha value is -2.22. The summed E-state index contributed by atoms with van der Waals surface area (Å²) >= 11 is 6.69. The fourth-order valence-corrected chi connectivity index (χ4v) is 4.79. The highest BCUT2D eigenvalue weighted by molar-refractivity contribution is 7.99. The van der Waals surface area contributed by atoms with Crippen LogP contribution in [0.5, 0.6) is 0 Å². The van der Waals surface area contributed by atoms with Crippen molar-refractivity contribution in [1.29, 1.82) is 0 Å². The van der Waals surface area contributed by atoms with Crippen molar-refractivity contribution in [3.63, 3.8) is 0 Å². The van der Waals surface area contributed by atoms with Gasteiger partial charge in [0.05, 0.1) is 12.8 Å². The number of nitrogens with zero attached hydrogens (tertiary/aromatic N) is 3. The molecule has 2 aromatic carbocycles. The number of benzene rings is 2. The van der Waals surface area contributed by atoms with E-state index in [1.54, 1.807) is 0 Å².